The zero-order valence-corrected chi connectivity index (χ0v) is 6.72. The van der Waals surface area contributed by atoms with Gasteiger partial charge in [0.15, 0.2) is 0 Å². The Hall–Kier alpha value is -0.770. The highest BCUT2D eigenvalue weighted by atomic mass is 16.7. The summed E-state index contributed by atoms with van der Waals surface area (Å²) in [6.07, 6.45) is 4.76. The third kappa shape index (κ3) is 2.76. The molecule has 1 rings (SSSR count). The second-order valence-electron chi connectivity index (χ2n) is 2.71. The van der Waals surface area contributed by atoms with Crippen LogP contribution in [0.4, 0.5) is 4.79 Å². The molecule has 0 heterocycles. The molecule has 1 aliphatic rings. The average molecular weight is 158 g/mol. The molecule has 4 heteroatoms. The Balaban J connectivity index is 2.06. The summed E-state index contributed by atoms with van der Waals surface area (Å²) in [4.78, 5) is 15.7. The molecular formula is C7H14N2O2. The zero-order valence-electron chi connectivity index (χ0n) is 6.72. The predicted molar refractivity (Wildman–Crippen MR) is 40.9 cm³/mol. The van der Waals surface area contributed by atoms with Gasteiger partial charge in [0.25, 0.3) is 0 Å². The maximum atomic E-state index is 10.6. The predicted octanol–water partition coefficient (Wildman–Crippen LogP) is 0.790. The van der Waals surface area contributed by atoms with Crippen molar-refractivity contribution >= 4 is 6.03 Å². The zero-order chi connectivity index (χ0) is 8.10. The molecule has 0 atom stereocenters. The van der Waals surface area contributed by atoms with Gasteiger partial charge in [0, 0.05) is 7.05 Å². The number of rotatable bonds is 2. The average Bonchev–Trinajstić information content (AvgIpc) is 2.52. The van der Waals surface area contributed by atoms with Crippen LogP contribution in [0.3, 0.4) is 0 Å². The molecular weight excluding hydrogens is 144 g/mol. The van der Waals surface area contributed by atoms with E-state index in [9.17, 15) is 4.79 Å². The number of hydrogen-bond acceptors (Lipinski definition) is 2. The van der Waals surface area contributed by atoms with Crippen molar-refractivity contribution in [3.8, 4) is 0 Å². The van der Waals surface area contributed by atoms with Gasteiger partial charge in [-0.15, -0.1) is 0 Å². The number of hydrogen-bond donors (Lipinski definition) is 2. The lowest BCUT2D eigenvalue weighted by molar-refractivity contribution is 0.000622. The second-order valence-corrected chi connectivity index (χ2v) is 2.71. The van der Waals surface area contributed by atoms with Crippen LogP contribution in [0.5, 0.6) is 0 Å². The van der Waals surface area contributed by atoms with E-state index in [4.69, 9.17) is 4.84 Å². The van der Waals surface area contributed by atoms with Crippen LogP contribution in [0.1, 0.15) is 25.7 Å². The van der Waals surface area contributed by atoms with Crippen molar-refractivity contribution in [3.63, 3.8) is 0 Å². The van der Waals surface area contributed by atoms with E-state index in [-0.39, 0.29) is 12.1 Å². The van der Waals surface area contributed by atoms with Gasteiger partial charge in [0.2, 0.25) is 0 Å². The number of amides is 2. The Morgan fingerprint density at radius 3 is 2.64 bits per heavy atom. The molecule has 0 aromatic rings. The molecule has 64 valence electrons. The molecule has 2 amide bonds. The summed E-state index contributed by atoms with van der Waals surface area (Å²) in [5, 5.41) is 2.41. The Labute approximate surface area is 66.3 Å². The topological polar surface area (TPSA) is 50.4 Å². The lowest BCUT2D eigenvalue weighted by Crippen LogP contribution is -2.35. The molecule has 0 unspecified atom stereocenters. The maximum Gasteiger partial charge on any atom is 0.338 e. The highest BCUT2D eigenvalue weighted by Gasteiger charge is 2.16. The molecule has 0 radical (unpaired) electrons. The first-order chi connectivity index (χ1) is 5.33. The Morgan fingerprint density at radius 2 is 2.09 bits per heavy atom. The van der Waals surface area contributed by atoms with Gasteiger partial charge in [-0.05, 0) is 12.8 Å². The minimum Gasteiger partial charge on any atom is -0.339 e. The van der Waals surface area contributed by atoms with Crippen molar-refractivity contribution < 1.29 is 9.63 Å². The quantitative estimate of drug-likeness (QED) is 0.584. The SMILES string of the molecule is CNC(=O)NOC1CCCC1. The van der Waals surface area contributed by atoms with Gasteiger partial charge < -0.3 is 5.32 Å². The molecule has 0 aliphatic heterocycles. The van der Waals surface area contributed by atoms with Gasteiger partial charge in [0.1, 0.15) is 0 Å². The van der Waals surface area contributed by atoms with E-state index in [2.05, 4.69) is 10.8 Å². The number of carbonyl (C=O) groups excluding carboxylic acids is 1. The Kier molecular flexibility index (Phi) is 3.16. The minimum atomic E-state index is -0.281. The standard InChI is InChI=1S/C7H14N2O2/c1-8-7(10)9-11-6-4-2-3-5-6/h6H,2-5H2,1H3,(H2,8,9,10). The third-order valence-corrected chi connectivity index (χ3v) is 1.85. The normalized spacial score (nSPS) is 18.3. The van der Waals surface area contributed by atoms with Crippen LogP contribution in [0.25, 0.3) is 0 Å². The van der Waals surface area contributed by atoms with Crippen LogP contribution in [-0.4, -0.2) is 19.2 Å². The largest absolute Gasteiger partial charge is 0.339 e. The molecule has 0 saturated heterocycles. The molecule has 2 N–H and O–H groups in total. The smallest absolute Gasteiger partial charge is 0.338 e. The second kappa shape index (κ2) is 4.18. The molecule has 0 bridgehead atoms. The molecule has 4 nitrogen and oxygen atoms in total. The molecule has 1 saturated carbocycles. The van der Waals surface area contributed by atoms with E-state index >= 15 is 0 Å². The first-order valence-corrected chi connectivity index (χ1v) is 3.96. The van der Waals surface area contributed by atoms with Crippen LogP contribution in [0, 0.1) is 0 Å². The Morgan fingerprint density at radius 1 is 1.45 bits per heavy atom. The van der Waals surface area contributed by atoms with Gasteiger partial charge in [0.05, 0.1) is 6.10 Å². The molecule has 0 spiro atoms. The van der Waals surface area contributed by atoms with Crippen molar-refractivity contribution in [2.24, 2.45) is 0 Å². The van der Waals surface area contributed by atoms with Gasteiger partial charge in [-0.25, -0.2) is 10.3 Å². The summed E-state index contributed by atoms with van der Waals surface area (Å²) >= 11 is 0. The van der Waals surface area contributed by atoms with Crippen molar-refractivity contribution in [2.45, 2.75) is 31.8 Å². The number of hydroxylamine groups is 1. The van der Waals surface area contributed by atoms with E-state index in [1.54, 1.807) is 7.05 Å². The highest BCUT2D eigenvalue weighted by molar-refractivity contribution is 5.72. The first kappa shape index (κ1) is 8.33. The van der Waals surface area contributed by atoms with E-state index in [1.165, 1.54) is 12.8 Å². The van der Waals surface area contributed by atoms with Crippen molar-refractivity contribution in [1.29, 1.82) is 0 Å². The van der Waals surface area contributed by atoms with Crippen LogP contribution < -0.4 is 10.8 Å². The molecule has 0 aromatic heterocycles. The summed E-state index contributed by atoms with van der Waals surface area (Å²) in [5.41, 5.74) is 2.32. The number of urea groups is 1. The van der Waals surface area contributed by atoms with E-state index in [0.717, 1.165) is 12.8 Å². The van der Waals surface area contributed by atoms with Crippen LogP contribution in [-0.2, 0) is 4.84 Å². The van der Waals surface area contributed by atoms with Crippen LogP contribution in [0.15, 0.2) is 0 Å². The van der Waals surface area contributed by atoms with Crippen LogP contribution in [0.2, 0.25) is 0 Å². The highest BCUT2D eigenvalue weighted by Crippen LogP contribution is 2.19. The van der Waals surface area contributed by atoms with Crippen LogP contribution >= 0.6 is 0 Å². The summed E-state index contributed by atoms with van der Waals surface area (Å²) in [7, 11) is 1.56. The molecule has 11 heavy (non-hydrogen) atoms. The maximum absolute atomic E-state index is 10.6. The van der Waals surface area contributed by atoms with Gasteiger partial charge in [-0.1, -0.05) is 12.8 Å². The van der Waals surface area contributed by atoms with Gasteiger partial charge in [-0.2, -0.15) is 0 Å². The Bertz CT molecular complexity index is 132. The van der Waals surface area contributed by atoms with Gasteiger partial charge >= 0.3 is 6.03 Å². The fourth-order valence-electron chi connectivity index (χ4n) is 1.19. The lowest BCUT2D eigenvalue weighted by atomic mass is 10.3. The molecule has 1 aliphatic carbocycles. The lowest BCUT2D eigenvalue weighted by Gasteiger charge is -2.10. The minimum absolute atomic E-state index is 0.229. The number of carbonyl (C=O) groups is 1. The summed E-state index contributed by atoms with van der Waals surface area (Å²) < 4.78 is 0. The number of nitrogens with one attached hydrogen (secondary N) is 2. The molecule has 0 aromatic carbocycles. The van der Waals surface area contributed by atoms with Crippen molar-refractivity contribution in [1.82, 2.24) is 10.8 Å². The van der Waals surface area contributed by atoms with E-state index in [0.29, 0.717) is 0 Å². The third-order valence-electron chi connectivity index (χ3n) is 1.85. The molecule has 1 fully saturated rings. The monoisotopic (exact) mass is 158 g/mol. The fourth-order valence-corrected chi connectivity index (χ4v) is 1.19. The summed E-state index contributed by atoms with van der Waals surface area (Å²) in [5.74, 6) is 0. The fraction of sp³-hybridized carbons (Fsp3) is 0.857. The summed E-state index contributed by atoms with van der Waals surface area (Å²) in [6, 6.07) is -0.281. The summed E-state index contributed by atoms with van der Waals surface area (Å²) in [6.45, 7) is 0. The first-order valence-electron chi connectivity index (χ1n) is 3.96. The van der Waals surface area contributed by atoms with E-state index in [1.807, 2.05) is 0 Å². The van der Waals surface area contributed by atoms with Crippen molar-refractivity contribution in [2.75, 3.05) is 7.05 Å². The van der Waals surface area contributed by atoms with E-state index < -0.39 is 0 Å². The van der Waals surface area contributed by atoms with Gasteiger partial charge in [-0.3, -0.25) is 4.84 Å². The van der Waals surface area contributed by atoms with Crippen molar-refractivity contribution in [3.05, 3.63) is 0 Å².